The molecule has 2 rings (SSSR count). The zero-order valence-electron chi connectivity index (χ0n) is 13.4. The van der Waals surface area contributed by atoms with Crippen LogP contribution in [0.1, 0.15) is 20.8 Å². The Kier molecular flexibility index (Phi) is 8.36. The summed E-state index contributed by atoms with van der Waals surface area (Å²) in [6.07, 6.45) is 3.15. The molecule has 130 valence electrons. The quantitative estimate of drug-likeness (QED) is 0.639. The van der Waals surface area contributed by atoms with Crippen LogP contribution >= 0.6 is 39.1 Å². The van der Waals surface area contributed by atoms with Gasteiger partial charge in [-0.25, -0.2) is 14.8 Å². The van der Waals surface area contributed by atoms with Crippen molar-refractivity contribution in [2.24, 2.45) is 0 Å². The fraction of sp³-hybridized carbons (Fsp3) is 0.643. The number of nitrogens with zero attached hydrogens (tertiary/aromatic N) is 4. The third kappa shape index (κ3) is 7.54. The highest BCUT2D eigenvalue weighted by molar-refractivity contribution is 9.10. The Balaban J connectivity index is 0.000000816. The number of rotatable bonds is 1. The molecular weight excluding hydrogens is 407 g/mol. The average molecular weight is 428 g/mol. The van der Waals surface area contributed by atoms with Gasteiger partial charge >= 0.3 is 6.09 Å². The van der Waals surface area contributed by atoms with Gasteiger partial charge in [0.2, 0.25) is 0 Å². The first-order valence-corrected chi connectivity index (χ1v) is 8.95. The zero-order valence-corrected chi connectivity index (χ0v) is 16.5. The summed E-state index contributed by atoms with van der Waals surface area (Å²) in [5, 5.41) is 0.194. The number of carbonyl (C=O) groups is 1. The van der Waals surface area contributed by atoms with Crippen LogP contribution in [-0.4, -0.2) is 58.1 Å². The van der Waals surface area contributed by atoms with Gasteiger partial charge in [0, 0.05) is 26.2 Å². The van der Waals surface area contributed by atoms with Gasteiger partial charge in [0.25, 0.3) is 0 Å². The fourth-order valence-corrected chi connectivity index (χ4v) is 2.12. The highest BCUT2D eigenvalue weighted by Gasteiger charge is 2.26. The van der Waals surface area contributed by atoms with E-state index in [1.165, 1.54) is 0 Å². The van der Waals surface area contributed by atoms with Gasteiger partial charge in [-0.2, -0.15) is 0 Å². The summed E-state index contributed by atoms with van der Waals surface area (Å²) in [7, 11) is 0. The molecule has 1 saturated heterocycles. The van der Waals surface area contributed by atoms with Gasteiger partial charge in [-0.1, -0.05) is 0 Å². The van der Waals surface area contributed by atoms with Crippen LogP contribution in [0, 0.1) is 0 Å². The smallest absolute Gasteiger partial charge is 0.410 e. The van der Waals surface area contributed by atoms with Crippen LogP contribution in [0.5, 0.6) is 0 Å². The van der Waals surface area contributed by atoms with Gasteiger partial charge in [-0.3, -0.25) is 0 Å². The summed E-state index contributed by atoms with van der Waals surface area (Å²) in [4.78, 5) is 24.3. The van der Waals surface area contributed by atoms with Gasteiger partial charge in [-0.15, -0.1) is 23.2 Å². The molecule has 0 N–H and O–H groups in total. The summed E-state index contributed by atoms with van der Waals surface area (Å²) in [5.41, 5.74) is -0.453. The van der Waals surface area contributed by atoms with Crippen molar-refractivity contribution < 1.29 is 9.53 Å². The molecule has 0 unspecified atom stereocenters. The topological polar surface area (TPSA) is 58.6 Å². The normalized spacial score (nSPS) is 14.9. The lowest BCUT2D eigenvalue weighted by molar-refractivity contribution is 0.0240. The second kappa shape index (κ2) is 9.49. The van der Waals surface area contributed by atoms with Crippen molar-refractivity contribution in [3.8, 4) is 0 Å². The van der Waals surface area contributed by atoms with Crippen molar-refractivity contribution in [2.45, 2.75) is 26.4 Å². The first-order chi connectivity index (χ1) is 10.8. The molecule has 0 atom stereocenters. The Morgan fingerprint density at radius 3 is 2.22 bits per heavy atom. The van der Waals surface area contributed by atoms with E-state index in [9.17, 15) is 4.79 Å². The summed E-state index contributed by atoms with van der Waals surface area (Å²) in [6, 6.07) is 0. The van der Waals surface area contributed by atoms with E-state index in [2.05, 4.69) is 30.8 Å². The van der Waals surface area contributed by atoms with Crippen molar-refractivity contribution in [3.63, 3.8) is 0 Å². The van der Waals surface area contributed by atoms with Gasteiger partial charge in [0.15, 0.2) is 0 Å². The number of hydrogen-bond donors (Lipinski definition) is 0. The lowest BCUT2D eigenvalue weighted by Crippen LogP contribution is -2.50. The molecule has 1 aromatic rings. The minimum absolute atomic E-state index is 0.194. The molecule has 0 aromatic carbocycles. The molecule has 0 aliphatic carbocycles. The van der Waals surface area contributed by atoms with Crippen molar-refractivity contribution in [1.82, 2.24) is 14.9 Å². The minimum atomic E-state index is -0.453. The van der Waals surface area contributed by atoms with Crippen molar-refractivity contribution in [2.75, 3.05) is 36.4 Å². The highest BCUT2D eigenvalue weighted by atomic mass is 79.9. The molecule has 1 aliphatic heterocycles. The van der Waals surface area contributed by atoms with Crippen molar-refractivity contribution >= 4 is 51.0 Å². The second-order valence-electron chi connectivity index (χ2n) is 5.75. The predicted molar refractivity (Wildman–Crippen MR) is 96.3 cm³/mol. The van der Waals surface area contributed by atoms with Crippen LogP contribution in [-0.2, 0) is 4.74 Å². The van der Waals surface area contributed by atoms with E-state index in [1.54, 1.807) is 17.3 Å². The number of anilines is 1. The zero-order chi connectivity index (χ0) is 17.5. The van der Waals surface area contributed by atoms with E-state index in [0.717, 1.165) is 18.9 Å². The molecule has 0 bridgehead atoms. The summed E-state index contributed by atoms with van der Waals surface area (Å²) in [5.74, 6) is 0.831. The van der Waals surface area contributed by atoms with Crippen LogP contribution < -0.4 is 4.90 Å². The molecule has 1 fully saturated rings. The Bertz CT molecular complexity index is 489. The number of alkyl halides is 2. The molecule has 0 saturated carbocycles. The van der Waals surface area contributed by atoms with Crippen molar-refractivity contribution in [3.05, 3.63) is 17.0 Å². The maximum absolute atomic E-state index is 12.0. The molecule has 1 amide bonds. The van der Waals surface area contributed by atoms with Gasteiger partial charge < -0.3 is 14.5 Å². The predicted octanol–water partition coefficient (Wildman–Crippen LogP) is 3.72. The Hall–Kier alpha value is -0.790. The number of halogens is 3. The number of carbonyl (C=O) groups excluding carboxylic acids is 1. The lowest BCUT2D eigenvalue weighted by atomic mass is 10.2. The van der Waals surface area contributed by atoms with E-state index >= 15 is 0 Å². The minimum Gasteiger partial charge on any atom is -0.444 e. The van der Waals surface area contributed by atoms with E-state index in [0.29, 0.717) is 17.7 Å². The third-order valence-corrected chi connectivity index (χ3v) is 3.27. The molecule has 0 spiro atoms. The number of ether oxygens (including phenoxy) is 1. The van der Waals surface area contributed by atoms with Gasteiger partial charge in [0.1, 0.15) is 16.0 Å². The highest BCUT2D eigenvalue weighted by Crippen LogP contribution is 2.16. The van der Waals surface area contributed by atoms with Gasteiger partial charge in [0.05, 0.1) is 17.7 Å². The summed E-state index contributed by atoms with van der Waals surface area (Å²) < 4.78 is 6.08. The molecule has 2 heterocycles. The number of hydrogen-bond acceptors (Lipinski definition) is 5. The Morgan fingerprint density at radius 1 is 1.22 bits per heavy atom. The van der Waals surface area contributed by atoms with E-state index in [-0.39, 0.29) is 11.4 Å². The second-order valence-corrected chi connectivity index (χ2v) is 7.37. The van der Waals surface area contributed by atoms with Crippen LogP contribution in [0.15, 0.2) is 17.0 Å². The molecule has 6 nitrogen and oxygen atoms in total. The van der Waals surface area contributed by atoms with Crippen LogP contribution in [0.3, 0.4) is 0 Å². The molecule has 0 radical (unpaired) electrons. The Labute approximate surface area is 155 Å². The first-order valence-electron chi connectivity index (χ1n) is 7.09. The van der Waals surface area contributed by atoms with Crippen molar-refractivity contribution in [1.29, 1.82) is 0 Å². The maximum Gasteiger partial charge on any atom is 0.410 e. The maximum atomic E-state index is 12.0. The van der Waals surface area contributed by atoms with E-state index < -0.39 is 5.60 Å². The first kappa shape index (κ1) is 20.3. The fourth-order valence-electron chi connectivity index (χ4n) is 1.91. The largest absolute Gasteiger partial charge is 0.444 e. The monoisotopic (exact) mass is 426 g/mol. The Morgan fingerprint density at radius 2 is 1.78 bits per heavy atom. The molecule has 9 heteroatoms. The molecule has 23 heavy (non-hydrogen) atoms. The molecule has 1 aliphatic rings. The van der Waals surface area contributed by atoms with Gasteiger partial charge in [-0.05, 0) is 36.7 Å². The summed E-state index contributed by atoms with van der Waals surface area (Å²) in [6.45, 7) is 8.35. The van der Waals surface area contributed by atoms with Crippen LogP contribution in [0.4, 0.5) is 10.6 Å². The molecule has 1 aromatic heterocycles. The SMILES string of the molecule is CC(C)(C)OC(=O)N1CCN(c2cnc(Br)cn2)CC1.ClCCl. The third-order valence-electron chi connectivity index (χ3n) is 2.86. The molecular formula is C14H21BrCl2N4O2. The number of piperazine rings is 1. The van der Waals surface area contributed by atoms with E-state index in [1.807, 2.05) is 20.8 Å². The lowest BCUT2D eigenvalue weighted by Gasteiger charge is -2.35. The average Bonchev–Trinajstić information content (AvgIpc) is 2.47. The van der Waals surface area contributed by atoms with Crippen LogP contribution in [0.2, 0.25) is 0 Å². The number of aromatic nitrogens is 2. The standard InChI is InChI=1S/C13H19BrN4O2.CH2Cl2/c1-13(2,3)20-12(19)18-6-4-17(5-7-18)11-9-15-10(14)8-16-11;2-1-3/h8-9H,4-7H2,1-3H3;1H2. The van der Waals surface area contributed by atoms with E-state index in [4.69, 9.17) is 27.9 Å². The van der Waals surface area contributed by atoms with Crippen LogP contribution in [0.25, 0.3) is 0 Å². The summed E-state index contributed by atoms with van der Waals surface area (Å²) >= 11 is 12.8. The number of amides is 1.